The third-order valence-electron chi connectivity index (χ3n) is 3.72. The molecule has 8 heteroatoms. The lowest BCUT2D eigenvalue weighted by Crippen LogP contribution is -2.11. The average molecular weight is 381 g/mol. The van der Waals surface area contributed by atoms with Gasteiger partial charge in [-0.2, -0.15) is 13.2 Å². The van der Waals surface area contributed by atoms with Crippen LogP contribution in [0.5, 0.6) is 11.5 Å². The smallest absolute Gasteiger partial charge is 0.416 e. The van der Waals surface area contributed by atoms with Gasteiger partial charge in [0.1, 0.15) is 11.5 Å². The molecule has 0 aliphatic carbocycles. The summed E-state index contributed by atoms with van der Waals surface area (Å²) in [6.45, 7) is 0. The van der Waals surface area contributed by atoms with E-state index >= 15 is 0 Å². The molecule has 1 N–H and O–H groups in total. The maximum Gasteiger partial charge on any atom is 0.416 e. The van der Waals surface area contributed by atoms with Crippen LogP contribution in [0.25, 0.3) is 10.1 Å². The first-order valence-electron chi connectivity index (χ1n) is 7.46. The number of hydrogen-bond donors (Lipinski definition) is 1. The van der Waals surface area contributed by atoms with E-state index in [1.54, 1.807) is 18.2 Å². The van der Waals surface area contributed by atoms with Crippen LogP contribution in [0, 0.1) is 0 Å². The van der Waals surface area contributed by atoms with E-state index in [0.29, 0.717) is 32.1 Å². The predicted octanol–water partition coefficient (Wildman–Crippen LogP) is 5.19. The van der Waals surface area contributed by atoms with Gasteiger partial charge >= 0.3 is 6.18 Å². The number of fused-ring (bicyclic) bond motifs is 1. The third kappa shape index (κ3) is 3.60. The molecule has 2 aromatic carbocycles. The average Bonchev–Trinajstić information content (AvgIpc) is 3.04. The number of carbonyl (C=O) groups excluding carboxylic acids is 1. The Bertz CT molecular complexity index is 966. The van der Waals surface area contributed by atoms with E-state index in [-0.39, 0.29) is 0 Å². The highest BCUT2D eigenvalue weighted by molar-refractivity contribution is 7.20. The van der Waals surface area contributed by atoms with Gasteiger partial charge in [-0.25, -0.2) is 0 Å². The third-order valence-corrected chi connectivity index (χ3v) is 4.84. The molecule has 1 amide bonds. The molecule has 1 aromatic heterocycles. The fraction of sp³-hybridized carbons (Fsp3) is 0.167. The molecule has 4 nitrogen and oxygen atoms in total. The number of carbonyl (C=O) groups is 1. The Morgan fingerprint density at radius 1 is 1.04 bits per heavy atom. The van der Waals surface area contributed by atoms with Crippen molar-refractivity contribution in [1.82, 2.24) is 0 Å². The summed E-state index contributed by atoms with van der Waals surface area (Å²) >= 11 is 1.12. The highest BCUT2D eigenvalue weighted by atomic mass is 32.1. The van der Waals surface area contributed by atoms with Crippen LogP contribution >= 0.6 is 11.3 Å². The number of ether oxygens (including phenoxy) is 2. The highest BCUT2D eigenvalue weighted by Crippen LogP contribution is 2.35. The van der Waals surface area contributed by atoms with Crippen LogP contribution in [-0.4, -0.2) is 20.1 Å². The van der Waals surface area contributed by atoms with Crippen molar-refractivity contribution in [2.75, 3.05) is 19.5 Å². The topological polar surface area (TPSA) is 47.6 Å². The fourth-order valence-electron chi connectivity index (χ4n) is 2.42. The van der Waals surface area contributed by atoms with Crippen LogP contribution < -0.4 is 14.8 Å². The Morgan fingerprint density at radius 3 is 2.46 bits per heavy atom. The summed E-state index contributed by atoms with van der Waals surface area (Å²) in [6, 6.07) is 9.77. The largest absolute Gasteiger partial charge is 0.497 e. The van der Waals surface area contributed by atoms with Crippen LogP contribution in [0.15, 0.2) is 42.5 Å². The lowest BCUT2D eigenvalue weighted by molar-refractivity contribution is -0.137. The minimum Gasteiger partial charge on any atom is -0.497 e. The molecule has 0 fully saturated rings. The Balaban J connectivity index is 1.88. The normalized spacial score (nSPS) is 11.4. The molecule has 0 unspecified atom stereocenters. The number of rotatable bonds is 4. The molecule has 3 aromatic rings. The molecule has 1 heterocycles. The fourth-order valence-corrected chi connectivity index (χ4v) is 3.36. The molecule has 0 spiro atoms. The van der Waals surface area contributed by atoms with Gasteiger partial charge in [-0.1, -0.05) is 0 Å². The Labute approximate surface area is 151 Å². The zero-order chi connectivity index (χ0) is 18.9. The van der Waals surface area contributed by atoms with Crippen LogP contribution in [0.4, 0.5) is 18.9 Å². The van der Waals surface area contributed by atoms with Gasteiger partial charge in [0.25, 0.3) is 5.91 Å². The van der Waals surface area contributed by atoms with E-state index < -0.39 is 17.6 Å². The van der Waals surface area contributed by atoms with Gasteiger partial charge in [-0.3, -0.25) is 4.79 Å². The van der Waals surface area contributed by atoms with E-state index in [1.165, 1.54) is 26.4 Å². The van der Waals surface area contributed by atoms with Crippen molar-refractivity contribution < 1.29 is 27.4 Å². The first-order chi connectivity index (χ1) is 12.3. The Morgan fingerprint density at radius 2 is 1.81 bits per heavy atom. The summed E-state index contributed by atoms with van der Waals surface area (Å²) in [5.41, 5.74) is -0.307. The number of anilines is 1. The maximum absolute atomic E-state index is 12.8. The van der Waals surface area contributed by atoms with Crippen LogP contribution in [0.2, 0.25) is 0 Å². The Hall–Kier alpha value is -2.74. The van der Waals surface area contributed by atoms with Gasteiger partial charge in [0.05, 0.1) is 30.3 Å². The zero-order valence-corrected chi connectivity index (χ0v) is 14.6. The first-order valence-corrected chi connectivity index (χ1v) is 8.27. The molecule has 0 radical (unpaired) electrons. The maximum atomic E-state index is 12.8. The van der Waals surface area contributed by atoms with Gasteiger partial charge in [-0.05, 0) is 41.8 Å². The molecular weight excluding hydrogens is 367 g/mol. The van der Waals surface area contributed by atoms with Crippen molar-refractivity contribution in [3.05, 3.63) is 52.9 Å². The SMILES string of the molecule is COc1ccc(NC(=O)c2cc3cc(C(F)(F)F)ccc3s2)c(OC)c1. The lowest BCUT2D eigenvalue weighted by Gasteiger charge is -2.10. The molecule has 136 valence electrons. The minimum absolute atomic E-state index is 0.303. The highest BCUT2D eigenvalue weighted by Gasteiger charge is 2.30. The lowest BCUT2D eigenvalue weighted by atomic mass is 10.1. The molecule has 0 aliphatic heterocycles. The summed E-state index contributed by atoms with van der Waals surface area (Å²) in [5, 5.41) is 3.08. The second-order valence-electron chi connectivity index (χ2n) is 5.38. The monoisotopic (exact) mass is 381 g/mol. The van der Waals surface area contributed by atoms with Crippen molar-refractivity contribution in [3.63, 3.8) is 0 Å². The number of nitrogens with one attached hydrogen (secondary N) is 1. The predicted molar refractivity (Wildman–Crippen MR) is 94.3 cm³/mol. The van der Waals surface area contributed by atoms with Gasteiger partial charge in [0.2, 0.25) is 0 Å². The van der Waals surface area contributed by atoms with Crippen molar-refractivity contribution in [3.8, 4) is 11.5 Å². The number of halogens is 3. The summed E-state index contributed by atoms with van der Waals surface area (Å²) in [5.74, 6) is 0.558. The second kappa shape index (κ2) is 6.87. The minimum atomic E-state index is -4.42. The van der Waals surface area contributed by atoms with E-state index in [0.717, 1.165) is 23.5 Å². The number of amides is 1. The van der Waals surface area contributed by atoms with E-state index in [1.807, 2.05) is 0 Å². The standard InChI is InChI=1S/C18H14F3NO3S/c1-24-12-4-5-13(14(9-12)25-2)22-17(23)16-8-10-7-11(18(19,20)21)3-6-15(10)26-16/h3-9H,1-2H3,(H,22,23). The summed E-state index contributed by atoms with van der Waals surface area (Å²) in [6.07, 6.45) is -4.42. The summed E-state index contributed by atoms with van der Waals surface area (Å²) in [4.78, 5) is 12.8. The molecule has 0 atom stereocenters. The summed E-state index contributed by atoms with van der Waals surface area (Å²) < 4.78 is 49.4. The van der Waals surface area contributed by atoms with Crippen molar-refractivity contribution in [2.24, 2.45) is 0 Å². The quantitative estimate of drug-likeness (QED) is 0.677. The Kier molecular flexibility index (Phi) is 4.78. The van der Waals surface area contributed by atoms with Gasteiger partial charge in [0, 0.05) is 10.8 Å². The molecule has 26 heavy (non-hydrogen) atoms. The summed E-state index contributed by atoms with van der Waals surface area (Å²) in [7, 11) is 2.97. The number of methoxy groups -OCH3 is 2. The van der Waals surface area contributed by atoms with E-state index in [4.69, 9.17) is 9.47 Å². The van der Waals surface area contributed by atoms with Crippen molar-refractivity contribution in [1.29, 1.82) is 0 Å². The van der Waals surface area contributed by atoms with E-state index in [2.05, 4.69) is 5.32 Å². The van der Waals surface area contributed by atoms with Crippen LogP contribution in [-0.2, 0) is 6.18 Å². The second-order valence-corrected chi connectivity index (χ2v) is 6.47. The zero-order valence-electron chi connectivity index (χ0n) is 13.8. The van der Waals surface area contributed by atoms with Crippen molar-refractivity contribution >= 4 is 33.0 Å². The van der Waals surface area contributed by atoms with E-state index in [9.17, 15) is 18.0 Å². The molecule has 0 bridgehead atoms. The van der Waals surface area contributed by atoms with Gasteiger partial charge in [-0.15, -0.1) is 11.3 Å². The molecule has 3 rings (SSSR count). The van der Waals surface area contributed by atoms with Gasteiger partial charge < -0.3 is 14.8 Å². The first kappa shape index (κ1) is 18.1. The number of thiophene rings is 1. The number of hydrogen-bond acceptors (Lipinski definition) is 4. The number of benzene rings is 2. The van der Waals surface area contributed by atoms with Crippen molar-refractivity contribution in [2.45, 2.75) is 6.18 Å². The molecule has 0 saturated heterocycles. The molecule has 0 aliphatic rings. The molecule has 0 saturated carbocycles. The van der Waals surface area contributed by atoms with Crippen LogP contribution in [0.3, 0.4) is 0 Å². The number of alkyl halides is 3. The van der Waals surface area contributed by atoms with Gasteiger partial charge in [0.15, 0.2) is 0 Å². The van der Waals surface area contributed by atoms with Crippen LogP contribution in [0.1, 0.15) is 15.2 Å². The molecular formula is C18H14F3NO3S.